The van der Waals surface area contributed by atoms with Crippen molar-refractivity contribution in [3.8, 4) is 17.0 Å². The van der Waals surface area contributed by atoms with Gasteiger partial charge in [0.2, 0.25) is 0 Å². The average Bonchev–Trinajstić information content (AvgIpc) is 3.07. The van der Waals surface area contributed by atoms with Crippen molar-refractivity contribution in [2.45, 2.75) is 46.6 Å². The molecule has 0 spiro atoms. The second kappa shape index (κ2) is 10.4. The summed E-state index contributed by atoms with van der Waals surface area (Å²) in [6.07, 6.45) is 4.31. The molecule has 3 N–H and O–H groups in total. The SMILES string of the molecule is CC(C)C(CO)Nc1cc(-c2ccccc2O)nc2c(Br)cnn12.CCCC. The Morgan fingerprint density at radius 1 is 1.18 bits per heavy atom. The number of para-hydroxylation sites is 1. The number of hydrogen-bond acceptors (Lipinski definition) is 5. The first-order chi connectivity index (χ1) is 13.4. The van der Waals surface area contributed by atoms with Gasteiger partial charge in [-0.15, -0.1) is 0 Å². The van der Waals surface area contributed by atoms with Crippen molar-refractivity contribution in [2.24, 2.45) is 5.92 Å². The van der Waals surface area contributed by atoms with E-state index in [1.807, 2.05) is 32.0 Å². The van der Waals surface area contributed by atoms with Crippen LogP contribution in [0.1, 0.15) is 40.5 Å². The number of phenolic OH excluding ortho intramolecular Hbond substituents is 1. The summed E-state index contributed by atoms with van der Waals surface area (Å²) in [7, 11) is 0. The molecule has 1 aromatic carbocycles. The Kier molecular flexibility index (Phi) is 8.26. The van der Waals surface area contributed by atoms with Crippen LogP contribution in [0.15, 0.2) is 41.0 Å². The summed E-state index contributed by atoms with van der Waals surface area (Å²) in [5.74, 6) is 1.11. The number of aromatic nitrogens is 3. The number of unbranched alkanes of at least 4 members (excludes halogenated alkanes) is 1. The summed E-state index contributed by atoms with van der Waals surface area (Å²) >= 11 is 3.45. The Bertz CT molecular complexity index is 893. The lowest BCUT2D eigenvalue weighted by molar-refractivity contribution is 0.249. The number of phenols is 1. The normalized spacial score (nSPS) is 12.0. The molecule has 28 heavy (non-hydrogen) atoms. The molecule has 0 aliphatic rings. The summed E-state index contributed by atoms with van der Waals surface area (Å²) in [6.45, 7) is 8.44. The van der Waals surface area contributed by atoms with Gasteiger partial charge in [-0.25, -0.2) is 4.98 Å². The van der Waals surface area contributed by atoms with Crippen LogP contribution < -0.4 is 5.32 Å². The smallest absolute Gasteiger partial charge is 0.172 e. The third kappa shape index (κ3) is 5.23. The lowest BCUT2D eigenvalue weighted by atomic mass is 10.1. The third-order valence-corrected chi connectivity index (χ3v) is 5.00. The van der Waals surface area contributed by atoms with Crippen LogP contribution in [-0.2, 0) is 0 Å². The molecule has 0 bridgehead atoms. The molecule has 0 fully saturated rings. The summed E-state index contributed by atoms with van der Waals surface area (Å²) in [6, 6.07) is 8.77. The van der Waals surface area contributed by atoms with Crippen molar-refractivity contribution in [3.05, 3.63) is 41.0 Å². The van der Waals surface area contributed by atoms with Gasteiger partial charge in [0, 0.05) is 11.6 Å². The second-order valence-electron chi connectivity index (χ2n) is 6.95. The number of benzene rings is 1. The van der Waals surface area contributed by atoms with E-state index in [1.54, 1.807) is 22.8 Å². The lowest BCUT2D eigenvalue weighted by Crippen LogP contribution is -2.30. The minimum Gasteiger partial charge on any atom is -0.507 e. The van der Waals surface area contributed by atoms with Crippen molar-refractivity contribution in [1.29, 1.82) is 0 Å². The molecular formula is C21H29BrN4O2. The Morgan fingerprint density at radius 3 is 2.43 bits per heavy atom. The maximum Gasteiger partial charge on any atom is 0.172 e. The molecule has 0 radical (unpaired) electrons. The Labute approximate surface area is 174 Å². The molecule has 3 aromatic rings. The van der Waals surface area contributed by atoms with E-state index in [0.29, 0.717) is 22.7 Å². The molecule has 0 aliphatic heterocycles. The van der Waals surface area contributed by atoms with E-state index in [2.05, 4.69) is 45.2 Å². The fourth-order valence-electron chi connectivity index (χ4n) is 2.48. The minimum atomic E-state index is -0.115. The number of nitrogens with zero attached hydrogens (tertiary/aromatic N) is 3. The van der Waals surface area contributed by atoms with Gasteiger partial charge >= 0.3 is 0 Å². The highest BCUT2D eigenvalue weighted by atomic mass is 79.9. The average molecular weight is 449 g/mol. The molecule has 7 heteroatoms. The number of aliphatic hydroxyl groups is 1. The zero-order valence-electron chi connectivity index (χ0n) is 16.9. The monoisotopic (exact) mass is 448 g/mol. The second-order valence-corrected chi connectivity index (χ2v) is 7.80. The number of fused-ring (bicyclic) bond motifs is 1. The number of halogens is 1. The minimum absolute atomic E-state index is 0.00976. The summed E-state index contributed by atoms with van der Waals surface area (Å²) in [5.41, 5.74) is 1.91. The van der Waals surface area contributed by atoms with Gasteiger partial charge in [-0.1, -0.05) is 52.7 Å². The van der Waals surface area contributed by atoms with Crippen LogP contribution >= 0.6 is 15.9 Å². The van der Waals surface area contributed by atoms with E-state index < -0.39 is 0 Å². The topological polar surface area (TPSA) is 82.7 Å². The van der Waals surface area contributed by atoms with Gasteiger partial charge < -0.3 is 15.5 Å². The Balaban J connectivity index is 0.000000640. The molecule has 0 saturated heterocycles. The van der Waals surface area contributed by atoms with E-state index in [1.165, 1.54) is 12.8 Å². The summed E-state index contributed by atoms with van der Waals surface area (Å²) in [5, 5.41) is 27.4. The third-order valence-electron chi connectivity index (χ3n) is 4.44. The molecule has 0 amide bonds. The summed E-state index contributed by atoms with van der Waals surface area (Å²) in [4.78, 5) is 4.60. The molecule has 0 aliphatic carbocycles. The number of nitrogens with one attached hydrogen (secondary N) is 1. The fraction of sp³-hybridized carbons (Fsp3) is 0.429. The van der Waals surface area contributed by atoms with Gasteiger partial charge in [-0.05, 0) is 34.0 Å². The van der Waals surface area contributed by atoms with Gasteiger partial charge in [0.25, 0.3) is 0 Å². The van der Waals surface area contributed by atoms with E-state index >= 15 is 0 Å². The van der Waals surface area contributed by atoms with Crippen LogP contribution in [0.2, 0.25) is 0 Å². The van der Waals surface area contributed by atoms with Crippen molar-refractivity contribution in [2.75, 3.05) is 11.9 Å². The first-order valence-corrected chi connectivity index (χ1v) is 10.4. The van der Waals surface area contributed by atoms with E-state index in [4.69, 9.17) is 0 Å². The maximum atomic E-state index is 10.1. The van der Waals surface area contributed by atoms with Crippen molar-refractivity contribution in [3.63, 3.8) is 0 Å². The van der Waals surface area contributed by atoms with Crippen LogP contribution in [0.4, 0.5) is 5.82 Å². The van der Waals surface area contributed by atoms with Crippen molar-refractivity contribution < 1.29 is 10.2 Å². The van der Waals surface area contributed by atoms with Crippen LogP contribution in [-0.4, -0.2) is 37.5 Å². The molecule has 1 unspecified atom stereocenters. The molecule has 2 heterocycles. The molecule has 1 atom stereocenters. The number of hydrogen-bond donors (Lipinski definition) is 3. The van der Waals surface area contributed by atoms with Crippen LogP contribution in [0.3, 0.4) is 0 Å². The maximum absolute atomic E-state index is 10.1. The largest absolute Gasteiger partial charge is 0.507 e. The quantitative estimate of drug-likeness (QED) is 0.488. The number of aliphatic hydroxyl groups excluding tert-OH is 1. The fourth-order valence-corrected chi connectivity index (χ4v) is 2.83. The zero-order chi connectivity index (χ0) is 20.7. The van der Waals surface area contributed by atoms with Gasteiger partial charge in [-0.3, -0.25) is 0 Å². The predicted octanol–water partition coefficient (Wildman–Crippen LogP) is 5.10. The van der Waals surface area contributed by atoms with Crippen molar-refractivity contribution >= 4 is 27.4 Å². The molecule has 3 rings (SSSR count). The highest BCUT2D eigenvalue weighted by Gasteiger charge is 2.17. The van der Waals surface area contributed by atoms with E-state index in [0.717, 1.165) is 4.47 Å². The standard InChI is InChI=1S/C17H19BrN4O2.C4H10/c1-10(2)14(9-23)20-16-7-13(11-5-3-4-6-15(11)24)21-17-12(18)8-19-22(16)17;1-3-4-2/h3-8,10,14,20,23-24H,9H2,1-2H3;3-4H2,1-2H3. The lowest BCUT2D eigenvalue weighted by Gasteiger charge is -2.22. The van der Waals surface area contributed by atoms with E-state index in [-0.39, 0.29) is 24.3 Å². The van der Waals surface area contributed by atoms with Crippen LogP contribution in [0.5, 0.6) is 5.75 Å². The Hall–Kier alpha value is -2.12. The highest BCUT2D eigenvalue weighted by molar-refractivity contribution is 9.10. The molecular weight excluding hydrogens is 420 g/mol. The van der Waals surface area contributed by atoms with Crippen LogP contribution in [0.25, 0.3) is 16.9 Å². The van der Waals surface area contributed by atoms with Crippen molar-refractivity contribution in [1.82, 2.24) is 14.6 Å². The van der Waals surface area contributed by atoms with E-state index in [9.17, 15) is 10.2 Å². The number of anilines is 1. The zero-order valence-corrected chi connectivity index (χ0v) is 18.4. The Morgan fingerprint density at radius 2 is 1.86 bits per heavy atom. The molecule has 152 valence electrons. The van der Waals surface area contributed by atoms with Gasteiger partial charge in [0.05, 0.1) is 29.0 Å². The first kappa shape index (κ1) is 22.2. The number of rotatable bonds is 6. The first-order valence-electron chi connectivity index (χ1n) is 9.62. The highest BCUT2D eigenvalue weighted by Crippen LogP contribution is 2.31. The number of aromatic hydroxyl groups is 1. The van der Waals surface area contributed by atoms with Gasteiger partial charge in [0.1, 0.15) is 11.6 Å². The molecule has 2 aromatic heterocycles. The summed E-state index contributed by atoms with van der Waals surface area (Å²) < 4.78 is 2.44. The van der Waals surface area contributed by atoms with Gasteiger partial charge in [-0.2, -0.15) is 9.61 Å². The van der Waals surface area contributed by atoms with Crippen LogP contribution in [0, 0.1) is 5.92 Å². The predicted molar refractivity (Wildman–Crippen MR) is 118 cm³/mol. The van der Waals surface area contributed by atoms with Gasteiger partial charge in [0.15, 0.2) is 5.65 Å². The molecule has 6 nitrogen and oxygen atoms in total. The molecule has 0 saturated carbocycles.